The Bertz CT molecular complexity index is 779. The van der Waals surface area contributed by atoms with E-state index < -0.39 is 0 Å². The minimum atomic E-state index is -0.104. The molecule has 138 valence electrons. The predicted octanol–water partition coefficient (Wildman–Crippen LogP) is 3.38. The second kappa shape index (κ2) is 8.03. The number of anilines is 2. The van der Waals surface area contributed by atoms with E-state index in [9.17, 15) is 9.59 Å². The van der Waals surface area contributed by atoms with E-state index in [1.165, 1.54) is 0 Å². The smallest absolute Gasteiger partial charge is 0.228 e. The number of benzene rings is 1. The Kier molecular flexibility index (Phi) is 5.55. The van der Waals surface area contributed by atoms with Crippen LogP contribution in [0.5, 0.6) is 5.75 Å². The molecule has 1 saturated carbocycles. The van der Waals surface area contributed by atoms with Gasteiger partial charge in [0, 0.05) is 29.7 Å². The van der Waals surface area contributed by atoms with Gasteiger partial charge in [0.2, 0.25) is 11.8 Å². The molecular formula is C19H23N3O4. The Hall–Kier alpha value is -2.83. The van der Waals surface area contributed by atoms with Crippen molar-refractivity contribution < 1.29 is 18.8 Å². The quantitative estimate of drug-likeness (QED) is 0.856. The van der Waals surface area contributed by atoms with Gasteiger partial charge in [-0.1, -0.05) is 11.2 Å². The highest BCUT2D eigenvalue weighted by Gasteiger charge is 2.30. The lowest BCUT2D eigenvalue weighted by molar-refractivity contribution is -0.125. The number of amides is 2. The topological polar surface area (TPSA) is 93.5 Å². The van der Waals surface area contributed by atoms with Gasteiger partial charge >= 0.3 is 0 Å². The van der Waals surface area contributed by atoms with Crippen molar-refractivity contribution in [3.8, 4) is 5.75 Å². The summed E-state index contributed by atoms with van der Waals surface area (Å²) in [5.74, 6) is 1.52. The Balaban J connectivity index is 1.49. The standard InChI is InChI=1S/C19H23N3O4/c1-12-10-17(22-26-12)21-19(24)14-8-6-13(7-9-14)18(23)20-15-4-3-5-16(11-15)25-2/h3-5,10-11,13-14H,6-9H2,1-2H3,(H,20,23)(H,21,22,24). The summed E-state index contributed by atoms with van der Waals surface area (Å²) in [6.07, 6.45) is 2.73. The predicted molar refractivity (Wildman–Crippen MR) is 96.9 cm³/mol. The van der Waals surface area contributed by atoms with Crippen LogP contribution in [-0.4, -0.2) is 24.1 Å². The third kappa shape index (κ3) is 4.41. The van der Waals surface area contributed by atoms with E-state index in [0.717, 1.165) is 5.69 Å². The van der Waals surface area contributed by atoms with Crippen molar-refractivity contribution in [2.75, 3.05) is 17.7 Å². The van der Waals surface area contributed by atoms with E-state index >= 15 is 0 Å². The number of carbonyl (C=O) groups excluding carboxylic acids is 2. The zero-order chi connectivity index (χ0) is 18.5. The number of methoxy groups -OCH3 is 1. The molecule has 3 rings (SSSR count). The maximum absolute atomic E-state index is 12.5. The number of nitrogens with zero attached hydrogens (tertiary/aromatic N) is 1. The van der Waals surface area contributed by atoms with Gasteiger partial charge in [-0.25, -0.2) is 0 Å². The number of aryl methyl sites for hydroxylation is 1. The largest absolute Gasteiger partial charge is 0.497 e. The summed E-state index contributed by atoms with van der Waals surface area (Å²) >= 11 is 0. The first kappa shape index (κ1) is 18.0. The molecule has 1 aliphatic rings. The fraction of sp³-hybridized carbons (Fsp3) is 0.421. The molecule has 7 nitrogen and oxygen atoms in total. The van der Waals surface area contributed by atoms with Crippen molar-refractivity contribution in [2.45, 2.75) is 32.6 Å². The molecule has 1 aromatic carbocycles. The van der Waals surface area contributed by atoms with Crippen LogP contribution in [0.4, 0.5) is 11.5 Å². The molecule has 0 unspecified atom stereocenters. The molecule has 1 aliphatic carbocycles. The molecule has 2 aromatic rings. The second-order valence-corrected chi connectivity index (χ2v) is 6.58. The number of ether oxygens (including phenoxy) is 1. The first-order valence-corrected chi connectivity index (χ1v) is 8.74. The number of hydrogen-bond acceptors (Lipinski definition) is 5. The van der Waals surface area contributed by atoms with Crippen LogP contribution < -0.4 is 15.4 Å². The van der Waals surface area contributed by atoms with Gasteiger partial charge in [-0.05, 0) is 44.7 Å². The van der Waals surface area contributed by atoms with Crippen molar-refractivity contribution in [2.24, 2.45) is 11.8 Å². The van der Waals surface area contributed by atoms with Crippen molar-refractivity contribution in [1.29, 1.82) is 0 Å². The summed E-state index contributed by atoms with van der Waals surface area (Å²) < 4.78 is 10.1. The lowest BCUT2D eigenvalue weighted by atomic mass is 9.81. The fourth-order valence-electron chi connectivity index (χ4n) is 3.22. The molecule has 0 atom stereocenters. The summed E-state index contributed by atoms with van der Waals surface area (Å²) in [5.41, 5.74) is 0.718. The average molecular weight is 357 g/mol. The number of rotatable bonds is 5. The molecule has 0 aliphatic heterocycles. The van der Waals surface area contributed by atoms with Crippen molar-refractivity contribution in [1.82, 2.24) is 5.16 Å². The van der Waals surface area contributed by atoms with Crippen LogP contribution in [0.2, 0.25) is 0 Å². The molecule has 2 amide bonds. The summed E-state index contributed by atoms with van der Waals surface area (Å²) in [7, 11) is 1.59. The highest BCUT2D eigenvalue weighted by atomic mass is 16.5. The molecule has 0 spiro atoms. The van der Waals surface area contributed by atoms with Crippen LogP contribution in [-0.2, 0) is 9.59 Å². The van der Waals surface area contributed by atoms with E-state index in [0.29, 0.717) is 43.0 Å². The molecule has 0 saturated heterocycles. The summed E-state index contributed by atoms with van der Waals surface area (Å²) in [6.45, 7) is 1.77. The Morgan fingerprint density at radius 1 is 1.08 bits per heavy atom. The first-order valence-electron chi connectivity index (χ1n) is 8.74. The minimum Gasteiger partial charge on any atom is -0.497 e. The van der Waals surface area contributed by atoms with Crippen molar-refractivity contribution >= 4 is 23.3 Å². The molecule has 2 N–H and O–H groups in total. The fourth-order valence-corrected chi connectivity index (χ4v) is 3.22. The molecule has 1 aromatic heterocycles. The van der Waals surface area contributed by atoms with Crippen LogP contribution in [0.15, 0.2) is 34.9 Å². The summed E-state index contributed by atoms with van der Waals surface area (Å²) in [5, 5.41) is 9.48. The van der Waals surface area contributed by atoms with Gasteiger partial charge in [-0.3, -0.25) is 9.59 Å². The van der Waals surface area contributed by atoms with Crippen LogP contribution in [0.3, 0.4) is 0 Å². The van der Waals surface area contributed by atoms with Gasteiger partial charge in [-0.2, -0.15) is 0 Å². The highest BCUT2D eigenvalue weighted by molar-refractivity contribution is 5.94. The Labute approximate surface area is 152 Å². The molecular weight excluding hydrogens is 334 g/mol. The summed E-state index contributed by atoms with van der Waals surface area (Å²) in [4.78, 5) is 24.8. The van der Waals surface area contributed by atoms with Crippen LogP contribution in [0.25, 0.3) is 0 Å². The number of nitrogens with one attached hydrogen (secondary N) is 2. The minimum absolute atomic E-state index is 0.00997. The van der Waals surface area contributed by atoms with E-state index in [1.807, 2.05) is 18.2 Å². The van der Waals surface area contributed by atoms with E-state index in [1.54, 1.807) is 26.2 Å². The molecule has 1 heterocycles. The average Bonchev–Trinajstić information content (AvgIpc) is 3.06. The van der Waals surface area contributed by atoms with Gasteiger partial charge in [0.1, 0.15) is 11.5 Å². The number of hydrogen-bond donors (Lipinski definition) is 2. The Morgan fingerprint density at radius 3 is 2.31 bits per heavy atom. The van der Waals surface area contributed by atoms with Gasteiger partial charge in [0.05, 0.1) is 7.11 Å². The molecule has 26 heavy (non-hydrogen) atoms. The van der Waals surface area contributed by atoms with Crippen LogP contribution in [0.1, 0.15) is 31.4 Å². The molecule has 0 radical (unpaired) electrons. The first-order chi connectivity index (χ1) is 12.5. The van der Waals surface area contributed by atoms with E-state index in [4.69, 9.17) is 9.26 Å². The maximum atomic E-state index is 12.5. The second-order valence-electron chi connectivity index (χ2n) is 6.58. The third-order valence-corrected chi connectivity index (χ3v) is 4.69. The molecule has 1 fully saturated rings. The summed E-state index contributed by atoms with van der Waals surface area (Å²) in [6, 6.07) is 8.97. The van der Waals surface area contributed by atoms with Gasteiger partial charge in [-0.15, -0.1) is 0 Å². The zero-order valence-electron chi connectivity index (χ0n) is 15.0. The SMILES string of the molecule is COc1cccc(NC(=O)C2CCC(C(=O)Nc3cc(C)on3)CC2)c1. The monoisotopic (exact) mass is 357 g/mol. The Morgan fingerprint density at radius 2 is 1.73 bits per heavy atom. The van der Waals surface area contributed by atoms with Gasteiger partial charge < -0.3 is 19.9 Å². The van der Waals surface area contributed by atoms with Gasteiger partial charge in [0.15, 0.2) is 5.82 Å². The lowest BCUT2D eigenvalue weighted by Gasteiger charge is -2.26. The van der Waals surface area contributed by atoms with E-state index in [2.05, 4.69) is 15.8 Å². The van der Waals surface area contributed by atoms with Crippen molar-refractivity contribution in [3.63, 3.8) is 0 Å². The number of carbonyl (C=O) groups is 2. The van der Waals surface area contributed by atoms with E-state index in [-0.39, 0.29) is 23.7 Å². The normalized spacial score (nSPS) is 19.6. The zero-order valence-corrected chi connectivity index (χ0v) is 15.0. The lowest BCUT2D eigenvalue weighted by Crippen LogP contribution is -2.32. The number of aromatic nitrogens is 1. The van der Waals surface area contributed by atoms with Crippen molar-refractivity contribution in [3.05, 3.63) is 36.1 Å². The van der Waals surface area contributed by atoms with Crippen LogP contribution >= 0.6 is 0 Å². The van der Waals surface area contributed by atoms with Crippen LogP contribution in [0, 0.1) is 18.8 Å². The molecule has 7 heteroatoms. The third-order valence-electron chi connectivity index (χ3n) is 4.69. The highest BCUT2D eigenvalue weighted by Crippen LogP contribution is 2.31. The van der Waals surface area contributed by atoms with Gasteiger partial charge in [0.25, 0.3) is 0 Å². The molecule has 0 bridgehead atoms. The maximum Gasteiger partial charge on any atom is 0.228 e.